The van der Waals surface area contributed by atoms with Gasteiger partial charge >= 0.3 is 29.2 Å². The van der Waals surface area contributed by atoms with Gasteiger partial charge in [0, 0.05) is 6.20 Å². The number of phosphoric acid groups is 3. The molecule has 1 fully saturated rings. The molecular formula is C16H24N5O15P3. The van der Waals surface area contributed by atoms with Gasteiger partial charge in [-0.25, -0.2) is 18.5 Å². The minimum atomic E-state index is -5.68. The maximum atomic E-state index is 12.3. The first-order chi connectivity index (χ1) is 18.0. The second-order valence-corrected chi connectivity index (χ2v) is 11.9. The van der Waals surface area contributed by atoms with E-state index in [1.165, 1.54) is 0 Å². The predicted octanol–water partition coefficient (Wildman–Crippen LogP) is -2.90. The molecule has 0 spiro atoms. The van der Waals surface area contributed by atoms with E-state index in [-0.39, 0.29) is 38.0 Å². The molecular weight excluding hydrogens is 595 g/mol. The van der Waals surface area contributed by atoms with Crippen molar-refractivity contribution in [2.24, 2.45) is 5.73 Å². The van der Waals surface area contributed by atoms with Crippen LogP contribution in [0.2, 0.25) is 0 Å². The molecule has 0 saturated carbocycles. The van der Waals surface area contributed by atoms with Crippen molar-refractivity contribution >= 4 is 35.3 Å². The van der Waals surface area contributed by atoms with E-state index >= 15 is 0 Å². The first-order valence-corrected chi connectivity index (χ1v) is 15.0. The van der Waals surface area contributed by atoms with Crippen LogP contribution in [0.4, 0.5) is 0 Å². The summed E-state index contributed by atoms with van der Waals surface area (Å²) >= 11 is 0. The standard InChI is InChI=1S/C16H24N5O15P3/c17-6-12(22)19-7-13(23)18-5-1-2-10-8-21(16(25)20-15(10)24)14-4-3-11(34-14)9-33-38(29,30)36-39(31,32)35-37(26,27)28/h8,11,14H,3-7,9,17H2,(H,18,23)(H,19,22)(H,29,30)(H,31,32)(H,20,24,25)(H2,26,27,28)/t11-,14+/m0/s1. The zero-order valence-corrected chi connectivity index (χ0v) is 22.3. The van der Waals surface area contributed by atoms with E-state index in [0.717, 1.165) is 10.8 Å². The summed E-state index contributed by atoms with van der Waals surface area (Å²) in [6.45, 7) is -1.52. The summed E-state index contributed by atoms with van der Waals surface area (Å²) < 4.78 is 52.1. The Labute approximate surface area is 218 Å². The molecule has 0 aliphatic carbocycles. The van der Waals surface area contributed by atoms with Crippen LogP contribution < -0.4 is 27.6 Å². The first-order valence-electron chi connectivity index (χ1n) is 10.5. The molecule has 1 aliphatic heterocycles. The van der Waals surface area contributed by atoms with Crippen LogP contribution in [0, 0.1) is 11.8 Å². The fourth-order valence-corrected chi connectivity index (χ4v) is 5.93. The van der Waals surface area contributed by atoms with Crippen LogP contribution >= 0.6 is 23.5 Å². The van der Waals surface area contributed by atoms with E-state index in [2.05, 4.69) is 35.6 Å². The fraction of sp³-hybridized carbons (Fsp3) is 0.500. The van der Waals surface area contributed by atoms with Gasteiger partial charge in [-0.05, 0) is 12.8 Å². The highest BCUT2D eigenvalue weighted by Gasteiger charge is 2.41. The minimum Gasteiger partial charge on any atom is -0.352 e. The zero-order chi connectivity index (χ0) is 29.4. The molecule has 20 nitrogen and oxygen atoms in total. The Morgan fingerprint density at radius 1 is 1.10 bits per heavy atom. The molecule has 23 heteroatoms. The molecule has 1 saturated heterocycles. The van der Waals surface area contributed by atoms with Crippen molar-refractivity contribution < 1.29 is 60.7 Å². The number of carbonyl (C=O) groups excluding carboxylic acids is 2. The number of phosphoric ester groups is 1. The number of ether oxygens (including phenoxy) is 1. The third kappa shape index (κ3) is 11.6. The monoisotopic (exact) mass is 619 g/mol. The molecule has 39 heavy (non-hydrogen) atoms. The number of aromatic amines is 1. The largest absolute Gasteiger partial charge is 0.490 e. The van der Waals surface area contributed by atoms with Crippen molar-refractivity contribution in [2.75, 3.05) is 26.2 Å². The Kier molecular flexibility index (Phi) is 11.5. The number of H-pyrrole nitrogens is 1. The van der Waals surface area contributed by atoms with Crippen LogP contribution in [-0.4, -0.2) is 73.3 Å². The second kappa shape index (κ2) is 13.7. The molecule has 1 aromatic heterocycles. The van der Waals surface area contributed by atoms with E-state index in [0.29, 0.717) is 0 Å². The van der Waals surface area contributed by atoms with Gasteiger partial charge in [0.15, 0.2) is 0 Å². The van der Waals surface area contributed by atoms with Crippen molar-refractivity contribution in [2.45, 2.75) is 25.2 Å². The summed E-state index contributed by atoms with van der Waals surface area (Å²) in [4.78, 5) is 84.7. The van der Waals surface area contributed by atoms with Crippen molar-refractivity contribution in [3.8, 4) is 11.8 Å². The summed E-state index contributed by atoms with van der Waals surface area (Å²) in [5, 5.41) is 4.62. The molecule has 0 bridgehead atoms. The van der Waals surface area contributed by atoms with Crippen LogP contribution in [0.1, 0.15) is 24.6 Å². The average molecular weight is 619 g/mol. The number of hydrogen-bond acceptors (Lipinski definition) is 12. The number of rotatable bonds is 12. The van der Waals surface area contributed by atoms with Gasteiger partial charge in [0.05, 0.1) is 32.3 Å². The van der Waals surface area contributed by atoms with Crippen molar-refractivity contribution in [3.05, 3.63) is 32.6 Å². The average Bonchev–Trinajstić information content (AvgIpc) is 3.26. The van der Waals surface area contributed by atoms with Gasteiger partial charge in [-0.1, -0.05) is 11.8 Å². The second-order valence-electron chi connectivity index (χ2n) is 7.45. The third-order valence-electron chi connectivity index (χ3n) is 4.43. The molecule has 2 rings (SSSR count). The molecule has 1 aliphatic rings. The van der Waals surface area contributed by atoms with Crippen LogP contribution in [-0.2, 0) is 41.2 Å². The van der Waals surface area contributed by atoms with E-state index in [1.807, 2.05) is 4.98 Å². The Bertz CT molecular complexity index is 1390. The van der Waals surface area contributed by atoms with Crippen LogP contribution in [0.3, 0.4) is 0 Å². The number of nitrogens with one attached hydrogen (secondary N) is 3. The van der Waals surface area contributed by atoms with Gasteiger partial charge in [0.1, 0.15) is 11.8 Å². The summed E-state index contributed by atoms with van der Waals surface area (Å²) in [7, 11) is -16.6. The first kappa shape index (κ1) is 32.7. The fourth-order valence-electron chi connectivity index (χ4n) is 2.88. The highest BCUT2D eigenvalue weighted by molar-refractivity contribution is 7.66. The zero-order valence-electron chi connectivity index (χ0n) is 19.6. The summed E-state index contributed by atoms with van der Waals surface area (Å²) in [6, 6.07) is 0. The van der Waals surface area contributed by atoms with E-state index < -0.39 is 65.5 Å². The Hall–Kier alpha value is -2.49. The lowest BCUT2D eigenvalue weighted by atomic mass is 10.2. The molecule has 4 atom stereocenters. The van der Waals surface area contributed by atoms with Gasteiger partial charge in [0.2, 0.25) is 11.8 Å². The van der Waals surface area contributed by atoms with Crippen LogP contribution in [0.25, 0.3) is 0 Å². The van der Waals surface area contributed by atoms with Gasteiger partial charge in [0.25, 0.3) is 5.56 Å². The highest BCUT2D eigenvalue weighted by Crippen LogP contribution is 2.66. The number of amides is 2. The SMILES string of the molecule is NCC(=O)NCC(=O)NCC#Cc1cn([C@H]2CC[C@@H](COP(=O)(O)OP(=O)(O)OP(=O)(O)O)O2)c(=O)[nH]c1=O. The number of aromatic nitrogens is 2. The molecule has 0 radical (unpaired) electrons. The number of nitrogens with two attached hydrogens (primary N) is 1. The molecule has 9 N–H and O–H groups in total. The van der Waals surface area contributed by atoms with Gasteiger partial charge in [-0.3, -0.25) is 28.5 Å². The van der Waals surface area contributed by atoms with E-state index in [9.17, 15) is 37.8 Å². The minimum absolute atomic E-state index is 0.139. The quantitative estimate of drug-likeness (QED) is 0.0859. The summed E-state index contributed by atoms with van der Waals surface area (Å²) in [5.74, 6) is 3.87. The van der Waals surface area contributed by atoms with E-state index in [4.69, 9.17) is 25.2 Å². The molecule has 2 unspecified atom stereocenters. The molecule has 2 heterocycles. The van der Waals surface area contributed by atoms with Crippen molar-refractivity contribution in [1.82, 2.24) is 20.2 Å². The number of carbonyl (C=O) groups is 2. The van der Waals surface area contributed by atoms with E-state index in [1.54, 1.807) is 0 Å². The Morgan fingerprint density at radius 3 is 2.44 bits per heavy atom. The van der Waals surface area contributed by atoms with Crippen molar-refractivity contribution in [3.63, 3.8) is 0 Å². The Balaban J connectivity index is 1.97. The molecule has 218 valence electrons. The van der Waals surface area contributed by atoms with Crippen molar-refractivity contribution in [1.29, 1.82) is 0 Å². The lowest BCUT2D eigenvalue weighted by molar-refractivity contribution is -0.125. The highest BCUT2D eigenvalue weighted by atomic mass is 31.3. The Morgan fingerprint density at radius 2 is 1.79 bits per heavy atom. The lowest BCUT2D eigenvalue weighted by Crippen LogP contribution is -2.39. The smallest absolute Gasteiger partial charge is 0.352 e. The number of hydrogen-bond donors (Lipinski definition) is 8. The predicted molar refractivity (Wildman–Crippen MR) is 126 cm³/mol. The molecule has 1 aromatic rings. The normalized spacial score (nSPS) is 20.2. The van der Waals surface area contributed by atoms with Gasteiger partial charge in [-0.15, -0.1) is 0 Å². The van der Waals surface area contributed by atoms with Crippen LogP contribution in [0.5, 0.6) is 0 Å². The summed E-state index contributed by atoms with van der Waals surface area (Å²) in [5.41, 5.74) is 3.23. The molecule has 2 amide bonds. The maximum Gasteiger partial charge on any atom is 0.490 e. The maximum absolute atomic E-state index is 12.3. The van der Waals surface area contributed by atoms with Crippen LogP contribution in [0.15, 0.2) is 15.8 Å². The lowest BCUT2D eigenvalue weighted by Gasteiger charge is -2.19. The third-order valence-corrected chi connectivity index (χ3v) is 8.23. The van der Waals surface area contributed by atoms with Gasteiger partial charge < -0.3 is 40.7 Å². The van der Waals surface area contributed by atoms with Gasteiger partial charge in [-0.2, -0.15) is 8.62 Å². The summed E-state index contributed by atoms with van der Waals surface area (Å²) in [6.07, 6.45) is -0.570. The molecule has 0 aromatic carbocycles. The number of nitrogens with zero attached hydrogens (tertiary/aromatic N) is 1. The topological polar surface area (TPSA) is 308 Å².